The molecule has 0 radical (unpaired) electrons. The number of nitrogens with one attached hydrogen (secondary N) is 1. The lowest BCUT2D eigenvalue weighted by Crippen LogP contribution is -2.54. The molecule has 9 heteroatoms. The molecule has 26 heavy (non-hydrogen) atoms. The van der Waals surface area contributed by atoms with Gasteiger partial charge in [0.15, 0.2) is 5.11 Å². The summed E-state index contributed by atoms with van der Waals surface area (Å²) in [4.78, 5) is 26.2. The Morgan fingerprint density at radius 2 is 1.69 bits per heavy atom. The summed E-state index contributed by atoms with van der Waals surface area (Å²) in [5.74, 6) is -1.53. The van der Waals surface area contributed by atoms with Gasteiger partial charge in [0.1, 0.15) is 17.1 Å². The average molecular weight is 594 g/mol. The zero-order valence-corrected chi connectivity index (χ0v) is 17.9. The van der Waals surface area contributed by atoms with Gasteiger partial charge in [-0.2, -0.15) is 0 Å². The van der Waals surface area contributed by atoms with Crippen molar-refractivity contribution in [2.24, 2.45) is 0 Å². The Balaban J connectivity index is 2.04. The zero-order chi connectivity index (χ0) is 19.0. The van der Waals surface area contributed by atoms with Crippen LogP contribution in [-0.2, 0) is 9.59 Å². The smallest absolute Gasteiger partial charge is 0.270 e. The number of nitrogens with zero attached hydrogens (tertiary/aromatic N) is 1. The van der Waals surface area contributed by atoms with Crippen LogP contribution in [0.15, 0.2) is 42.0 Å². The van der Waals surface area contributed by atoms with Gasteiger partial charge < -0.3 is 5.11 Å². The number of phenols is 1. The molecule has 1 aliphatic rings. The molecule has 2 aromatic rings. The van der Waals surface area contributed by atoms with E-state index in [-0.39, 0.29) is 16.4 Å². The Morgan fingerprint density at radius 1 is 1.12 bits per heavy atom. The molecular weight excluding hydrogens is 585 g/mol. The van der Waals surface area contributed by atoms with Crippen LogP contribution in [0.5, 0.6) is 5.75 Å². The Labute approximate surface area is 180 Å². The van der Waals surface area contributed by atoms with Gasteiger partial charge >= 0.3 is 0 Å². The summed E-state index contributed by atoms with van der Waals surface area (Å²) >= 11 is 9.02. The molecule has 2 amide bonds. The highest BCUT2D eigenvalue weighted by molar-refractivity contribution is 14.1. The standard InChI is InChI=1S/C17H9FI2N2O3S/c18-9-1-3-10(4-2-9)22-16(25)11(15(24)21-17(22)26)5-8-6-12(19)14(23)13(20)7-8/h1-7,23H,(H,21,24,26)/b11-5-. The number of carbonyl (C=O) groups is 2. The summed E-state index contributed by atoms with van der Waals surface area (Å²) in [7, 11) is 0. The lowest BCUT2D eigenvalue weighted by atomic mass is 10.1. The summed E-state index contributed by atoms with van der Waals surface area (Å²) < 4.78 is 14.3. The van der Waals surface area contributed by atoms with Gasteiger partial charge in [-0.05, 0) is 105 Å². The molecule has 0 saturated carbocycles. The highest BCUT2D eigenvalue weighted by atomic mass is 127. The van der Waals surface area contributed by atoms with Crippen LogP contribution in [0.3, 0.4) is 0 Å². The minimum Gasteiger partial charge on any atom is -0.506 e. The normalized spacial score (nSPS) is 16.2. The maximum atomic E-state index is 13.1. The van der Waals surface area contributed by atoms with Gasteiger partial charge in [0.2, 0.25) is 0 Å². The fourth-order valence-corrected chi connectivity index (χ4v) is 4.41. The first-order valence-corrected chi connectivity index (χ1v) is 9.69. The predicted octanol–water partition coefficient (Wildman–Crippen LogP) is 3.57. The predicted molar refractivity (Wildman–Crippen MR) is 116 cm³/mol. The van der Waals surface area contributed by atoms with Gasteiger partial charge in [-0.25, -0.2) is 4.39 Å². The van der Waals surface area contributed by atoms with Crippen molar-refractivity contribution in [3.63, 3.8) is 0 Å². The number of benzene rings is 2. The van der Waals surface area contributed by atoms with E-state index in [4.69, 9.17) is 12.2 Å². The number of carbonyl (C=O) groups excluding carboxylic acids is 2. The number of aromatic hydroxyl groups is 1. The van der Waals surface area contributed by atoms with Gasteiger partial charge in [0, 0.05) is 0 Å². The lowest BCUT2D eigenvalue weighted by molar-refractivity contribution is -0.122. The third-order valence-corrected chi connectivity index (χ3v) is 5.47. The molecule has 3 rings (SSSR count). The molecule has 0 spiro atoms. The summed E-state index contributed by atoms with van der Waals surface area (Å²) in [5.41, 5.74) is 0.823. The van der Waals surface area contributed by atoms with Crippen LogP contribution >= 0.6 is 57.4 Å². The van der Waals surface area contributed by atoms with Gasteiger partial charge in [-0.3, -0.25) is 19.8 Å². The molecule has 0 unspecified atom stereocenters. The number of hydrogen-bond acceptors (Lipinski definition) is 4. The molecule has 5 nitrogen and oxygen atoms in total. The molecule has 132 valence electrons. The Bertz CT molecular complexity index is 953. The summed E-state index contributed by atoms with van der Waals surface area (Å²) in [6.07, 6.45) is 1.43. The maximum absolute atomic E-state index is 13.1. The van der Waals surface area contributed by atoms with Crippen molar-refractivity contribution in [1.29, 1.82) is 0 Å². The Morgan fingerprint density at radius 3 is 2.27 bits per heavy atom. The van der Waals surface area contributed by atoms with Crippen LogP contribution in [0.4, 0.5) is 10.1 Å². The number of anilines is 1. The SMILES string of the molecule is O=C1NC(=S)N(c2ccc(F)cc2)C(=O)/C1=C\c1cc(I)c(O)c(I)c1. The molecule has 1 fully saturated rings. The summed E-state index contributed by atoms with van der Waals surface area (Å²) in [5, 5.41) is 12.2. The zero-order valence-electron chi connectivity index (χ0n) is 12.8. The highest BCUT2D eigenvalue weighted by Crippen LogP contribution is 2.29. The number of amides is 2. The van der Waals surface area contributed by atoms with Crippen LogP contribution in [0.2, 0.25) is 0 Å². The monoisotopic (exact) mass is 594 g/mol. The molecule has 1 saturated heterocycles. The minimum atomic E-state index is -0.614. The van der Waals surface area contributed by atoms with E-state index in [9.17, 15) is 19.1 Å². The first-order chi connectivity index (χ1) is 12.3. The van der Waals surface area contributed by atoms with Gasteiger partial charge in [0.25, 0.3) is 11.8 Å². The molecular formula is C17H9FI2N2O3S. The van der Waals surface area contributed by atoms with Crippen molar-refractivity contribution in [2.75, 3.05) is 4.90 Å². The van der Waals surface area contributed by atoms with Crippen molar-refractivity contribution in [3.8, 4) is 5.75 Å². The fraction of sp³-hybridized carbons (Fsp3) is 0. The molecule has 0 atom stereocenters. The quantitative estimate of drug-likeness (QED) is 0.242. The van der Waals surface area contributed by atoms with E-state index in [0.29, 0.717) is 18.4 Å². The van der Waals surface area contributed by atoms with Crippen LogP contribution < -0.4 is 10.2 Å². The van der Waals surface area contributed by atoms with Crippen molar-refractivity contribution >= 4 is 86.1 Å². The minimum absolute atomic E-state index is 0.0707. The van der Waals surface area contributed by atoms with E-state index in [0.717, 1.165) is 4.90 Å². The third kappa shape index (κ3) is 3.74. The van der Waals surface area contributed by atoms with Crippen LogP contribution in [0.1, 0.15) is 5.56 Å². The second-order valence-electron chi connectivity index (χ2n) is 5.27. The molecule has 2 aromatic carbocycles. The van der Waals surface area contributed by atoms with Crippen LogP contribution in [0.25, 0.3) is 6.08 Å². The Kier molecular flexibility index (Phi) is 5.58. The maximum Gasteiger partial charge on any atom is 0.270 e. The number of hydrogen-bond donors (Lipinski definition) is 2. The fourth-order valence-electron chi connectivity index (χ4n) is 2.32. The molecule has 0 aliphatic carbocycles. The van der Waals surface area contributed by atoms with Crippen molar-refractivity contribution in [2.45, 2.75) is 0 Å². The molecule has 0 bridgehead atoms. The third-order valence-electron chi connectivity index (χ3n) is 3.54. The van der Waals surface area contributed by atoms with Crippen LogP contribution in [0, 0.1) is 13.0 Å². The largest absolute Gasteiger partial charge is 0.506 e. The van der Waals surface area contributed by atoms with E-state index in [1.54, 1.807) is 12.1 Å². The molecule has 1 aliphatic heterocycles. The van der Waals surface area contributed by atoms with Crippen molar-refractivity contribution in [3.05, 3.63) is 60.5 Å². The van der Waals surface area contributed by atoms with Gasteiger partial charge in [-0.1, -0.05) is 0 Å². The molecule has 2 N–H and O–H groups in total. The Hall–Kier alpha value is -1.60. The number of halogens is 3. The number of rotatable bonds is 2. The van der Waals surface area contributed by atoms with Crippen molar-refractivity contribution in [1.82, 2.24) is 5.32 Å². The van der Waals surface area contributed by atoms with E-state index in [1.807, 2.05) is 45.2 Å². The highest BCUT2D eigenvalue weighted by Gasteiger charge is 2.34. The average Bonchev–Trinajstić information content (AvgIpc) is 2.58. The number of thiocarbonyl (C=S) groups is 1. The first-order valence-electron chi connectivity index (χ1n) is 7.13. The van der Waals surface area contributed by atoms with Crippen LogP contribution in [-0.4, -0.2) is 22.0 Å². The van der Waals surface area contributed by atoms with Gasteiger partial charge in [0.05, 0.1) is 12.8 Å². The van der Waals surface area contributed by atoms with Crippen molar-refractivity contribution < 1.29 is 19.1 Å². The van der Waals surface area contributed by atoms with E-state index >= 15 is 0 Å². The topological polar surface area (TPSA) is 69.6 Å². The summed E-state index contributed by atoms with van der Waals surface area (Å²) in [6.45, 7) is 0. The van der Waals surface area contributed by atoms with Gasteiger partial charge in [-0.15, -0.1) is 0 Å². The molecule has 1 heterocycles. The second kappa shape index (κ2) is 7.56. The first kappa shape index (κ1) is 19.2. The van der Waals surface area contributed by atoms with E-state index in [1.165, 1.54) is 30.3 Å². The van der Waals surface area contributed by atoms with E-state index in [2.05, 4.69) is 5.32 Å². The van der Waals surface area contributed by atoms with E-state index < -0.39 is 17.6 Å². The molecule has 0 aromatic heterocycles. The summed E-state index contributed by atoms with van der Waals surface area (Å²) in [6, 6.07) is 8.52. The lowest BCUT2D eigenvalue weighted by Gasteiger charge is -2.28. The number of phenolic OH excluding ortho intramolecular Hbond substituents is 1. The second-order valence-corrected chi connectivity index (χ2v) is 7.98.